The number of aromatic nitrogens is 2. The highest BCUT2D eigenvalue weighted by molar-refractivity contribution is 7.88. The number of likely N-dealkylation sites (tertiary alicyclic amines) is 2. The molecule has 4 heterocycles. The summed E-state index contributed by atoms with van der Waals surface area (Å²) in [5.74, 6) is 0.215. The number of aliphatic hydroxyl groups is 1. The van der Waals surface area contributed by atoms with Crippen LogP contribution in [0.25, 0.3) is 11.3 Å². The Morgan fingerprint density at radius 2 is 1.88 bits per heavy atom. The summed E-state index contributed by atoms with van der Waals surface area (Å²) in [6.45, 7) is 3.03. The first kappa shape index (κ1) is 29.5. The quantitative estimate of drug-likeness (QED) is 0.522. The predicted molar refractivity (Wildman–Crippen MR) is 143 cm³/mol. The number of sulfonamides is 1. The second-order valence-corrected chi connectivity index (χ2v) is 13.0. The van der Waals surface area contributed by atoms with Gasteiger partial charge in [-0.25, -0.2) is 8.42 Å². The molecule has 41 heavy (non-hydrogen) atoms. The standard InChI is InChI=1S/C27H33F3N6O4S/c1-41(39,40)34-12-8-24-22(17-34)26(18-4-5-23(27(28,29)30)19(13-18)14-31)32-36(24)16-21(37)15-33-10-6-20(7-11-33)35-9-2-3-25(35)38/h4-5,13,20-21,37H,2-3,6-12,15-17H2,1H3. The number of nitrogens with zero attached hydrogens (tertiary/aromatic N) is 6. The number of amides is 1. The fourth-order valence-corrected chi connectivity index (χ4v) is 6.97. The van der Waals surface area contributed by atoms with Crippen molar-refractivity contribution >= 4 is 15.9 Å². The zero-order valence-corrected chi connectivity index (χ0v) is 23.6. The summed E-state index contributed by atoms with van der Waals surface area (Å²) in [5, 5.41) is 25.0. The molecule has 0 bridgehead atoms. The van der Waals surface area contributed by atoms with Crippen molar-refractivity contribution in [3.05, 3.63) is 40.6 Å². The van der Waals surface area contributed by atoms with E-state index in [2.05, 4.69) is 10.00 Å². The molecule has 0 aliphatic carbocycles. The summed E-state index contributed by atoms with van der Waals surface area (Å²) in [5.41, 5.74) is 0.225. The van der Waals surface area contributed by atoms with E-state index in [4.69, 9.17) is 0 Å². The van der Waals surface area contributed by atoms with Crippen LogP contribution in [0.1, 0.15) is 48.1 Å². The lowest BCUT2D eigenvalue weighted by Gasteiger charge is -2.37. The number of benzene rings is 1. The summed E-state index contributed by atoms with van der Waals surface area (Å²) in [6, 6.07) is 5.04. The van der Waals surface area contributed by atoms with Crippen molar-refractivity contribution in [1.29, 1.82) is 5.26 Å². The van der Waals surface area contributed by atoms with Crippen molar-refractivity contribution < 1.29 is 31.5 Å². The molecule has 1 aromatic heterocycles. The number of piperidine rings is 1. The van der Waals surface area contributed by atoms with E-state index >= 15 is 0 Å². The molecule has 1 aromatic carbocycles. The first-order chi connectivity index (χ1) is 19.3. The summed E-state index contributed by atoms with van der Waals surface area (Å²) in [6.07, 6.45) is -0.873. The van der Waals surface area contributed by atoms with Gasteiger partial charge in [-0.3, -0.25) is 9.48 Å². The smallest absolute Gasteiger partial charge is 0.390 e. The van der Waals surface area contributed by atoms with Gasteiger partial charge in [-0.2, -0.15) is 27.8 Å². The van der Waals surface area contributed by atoms with Gasteiger partial charge in [0.2, 0.25) is 15.9 Å². The van der Waals surface area contributed by atoms with Gasteiger partial charge in [-0.05, 0) is 31.4 Å². The number of hydrogen-bond acceptors (Lipinski definition) is 7. The molecule has 0 saturated carbocycles. The number of carbonyl (C=O) groups excluding carboxylic acids is 1. The van der Waals surface area contributed by atoms with Crippen LogP contribution in [-0.4, -0.2) is 94.4 Å². The number of nitriles is 1. The van der Waals surface area contributed by atoms with Crippen LogP contribution in [0.2, 0.25) is 0 Å². The summed E-state index contributed by atoms with van der Waals surface area (Å²) < 4.78 is 67.7. The molecular weight excluding hydrogens is 561 g/mol. The van der Waals surface area contributed by atoms with Gasteiger partial charge in [0.25, 0.3) is 0 Å². The number of carbonyl (C=O) groups is 1. The number of alkyl halides is 3. The zero-order valence-electron chi connectivity index (χ0n) is 22.8. The Labute approximate surface area is 237 Å². The Balaban J connectivity index is 1.36. The van der Waals surface area contributed by atoms with Crippen molar-refractivity contribution in [2.75, 3.05) is 39.0 Å². The minimum Gasteiger partial charge on any atom is -0.390 e. The van der Waals surface area contributed by atoms with Crippen molar-refractivity contribution in [3.63, 3.8) is 0 Å². The van der Waals surface area contributed by atoms with E-state index < -0.39 is 33.4 Å². The molecule has 3 aliphatic heterocycles. The van der Waals surface area contributed by atoms with Gasteiger partial charge in [0.05, 0.1) is 41.8 Å². The van der Waals surface area contributed by atoms with Crippen molar-refractivity contribution in [1.82, 2.24) is 23.9 Å². The molecule has 14 heteroatoms. The molecule has 0 spiro atoms. The molecular formula is C27H33F3N6O4S. The Morgan fingerprint density at radius 3 is 2.49 bits per heavy atom. The monoisotopic (exact) mass is 594 g/mol. The van der Waals surface area contributed by atoms with Crippen LogP contribution < -0.4 is 0 Å². The lowest BCUT2D eigenvalue weighted by molar-refractivity contribution is -0.137. The Kier molecular flexibility index (Phi) is 8.17. The first-order valence-corrected chi connectivity index (χ1v) is 15.5. The SMILES string of the molecule is CS(=O)(=O)N1CCc2c(c(-c3ccc(C(F)(F)F)c(C#N)c3)nn2CC(O)CN2CCC(N3CCCC3=O)CC2)C1. The number of fused-ring (bicyclic) bond motifs is 1. The van der Waals surface area contributed by atoms with Crippen LogP contribution in [0, 0.1) is 11.3 Å². The minimum absolute atomic E-state index is 0.00869. The minimum atomic E-state index is -4.70. The number of halogens is 3. The highest BCUT2D eigenvalue weighted by Crippen LogP contribution is 2.36. The van der Waals surface area contributed by atoms with Crippen molar-refractivity contribution in [2.24, 2.45) is 0 Å². The second kappa shape index (κ2) is 11.4. The van der Waals surface area contributed by atoms with Crippen LogP contribution in [0.3, 0.4) is 0 Å². The largest absolute Gasteiger partial charge is 0.417 e. The maximum absolute atomic E-state index is 13.4. The van der Waals surface area contributed by atoms with Gasteiger partial charge < -0.3 is 14.9 Å². The third-order valence-corrected chi connectivity index (χ3v) is 9.50. The van der Waals surface area contributed by atoms with Crippen molar-refractivity contribution in [3.8, 4) is 17.3 Å². The van der Waals surface area contributed by atoms with Crippen LogP contribution in [0.5, 0.6) is 0 Å². The number of β-amino-alcohol motifs (C(OH)–C–C–N with tert-alkyl or cyclic N) is 1. The maximum atomic E-state index is 13.4. The molecule has 2 fully saturated rings. The molecule has 2 aromatic rings. The first-order valence-electron chi connectivity index (χ1n) is 13.7. The van der Waals surface area contributed by atoms with E-state index in [1.165, 1.54) is 10.4 Å². The van der Waals surface area contributed by atoms with E-state index in [1.807, 2.05) is 4.90 Å². The fourth-order valence-electron chi connectivity index (χ4n) is 6.19. The summed E-state index contributed by atoms with van der Waals surface area (Å²) >= 11 is 0. The molecule has 1 amide bonds. The zero-order chi connectivity index (χ0) is 29.5. The fraction of sp³-hybridized carbons (Fsp3) is 0.593. The molecule has 10 nitrogen and oxygen atoms in total. The summed E-state index contributed by atoms with van der Waals surface area (Å²) in [7, 11) is -3.54. The van der Waals surface area contributed by atoms with Gasteiger partial charge in [-0.1, -0.05) is 6.07 Å². The summed E-state index contributed by atoms with van der Waals surface area (Å²) in [4.78, 5) is 16.2. The molecule has 1 N–H and O–H groups in total. The molecule has 0 radical (unpaired) electrons. The van der Waals surface area contributed by atoms with Crippen LogP contribution in [0.15, 0.2) is 18.2 Å². The van der Waals surface area contributed by atoms with Gasteiger partial charge >= 0.3 is 6.18 Å². The third-order valence-electron chi connectivity index (χ3n) is 8.25. The van der Waals surface area contributed by atoms with E-state index in [9.17, 15) is 36.8 Å². The molecule has 222 valence electrons. The van der Waals surface area contributed by atoms with E-state index in [-0.39, 0.29) is 37.1 Å². The molecule has 1 atom stereocenters. The number of rotatable bonds is 7. The van der Waals surface area contributed by atoms with Crippen LogP contribution in [0.4, 0.5) is 13.2 Å². The third kappa shape index (κ3) is 6.28. The Morgan fingerprint density at radius 1 is 1.15 bits per heavy atom. The van der Waals surface area contributed by atoms with Crippen molar-refractivity contribution in [2.45, 2.75) is 63.5 Å². The van der Waals surface area contributed by atoms with Gasteiger partial charge in [-0.15, -0.1) is 0 Å². The number of aliphatic hydroxyl groups excluding tert-OH is 1. The van der Waals surface area contributed by atoms with Crippen LogP contribution >= 0.6 is 0 Å². The highest BCUT2D eigenvalue weighted by Gasteiger charge is 2.35. The van der Waals surface area contributed by atoms with Crippen LogP contribution in [-0.2, 0) is 40.5 Å². The Hall–Kier alpha value is -2.99. The normalized spacial score (nSPS) is 20.3. The average Bonchev–Trinajstić information content (AvgIpc) is 3.50. The molecule has 2 saturated heterocycles. The Bertz CT molecular complexity index is 1460. The predicted octanol–water partition coefficient (Wildman–Crippen LogP) is 2.21. The molecule has 3 aliphatic rings. The second-order valence-electron chi connectivity index (χ2n) is 11.0. The molecule has 1 unspecified atom stereocenters. The lowest BCUT2D eigenvalue weighted by atomic mass is 9.98. The van der Waals surface area contributed by atoms with E-state index in [0.717, 1.165) is 57.3 Å². The number of hydrogen-bond donors (Lipinski definition) is 1. The maximum Gasteiger partial charge on any atom is 0.417 e. The van der Waals surface area contributed by atoms with E-state index in [0.29, 0.717) is 36.3 Å². The highest BCUT2D eigenvalue weighted by atomic mass is 32.2. The van der Waals surface area contributed by atoms with Gasteiger partial charge in [0.15, 0.2) is 0 Å². The van der Waals surface area contributed by atoms with Gasteiger partial charge in [0, 0.05) is 75.0 Å². The average molecular weight is 595 g/mol. The van der Waals surface area contributed by atoms with E-state index in [1.54, 1.807) is 10.8 Å². The van der Waals surface area contributed by atoms with Gasteiger partial charge in [0.1, 0.15) is 0 Å². The molecule has 5 rings (SSSR count). The topological polar surface area (TPSA) is 123 Å². The lowest BCUT2D eigenvalue weighted by Crippen LogP contribution is -2.47.